The molecule has 52 valence electrons. The zero-order valence-electron chi connectivity index (χ0n) is 5.76. The van der Waals surface area contributed by atoms with Gasteiger partial charge in [-0.1, -0.05) is 0 Å². The average Bonchev–Trinajstić information content (AvgIpc) is 2.19. The lowest BCUT2D eigenvalue weighted by atomic mass is 9.84. The first-order chi connectivity index (χ1) is 4.18. The Morgan fingerprint density at radius 2 is 2.33 bits per heavy atom. The molecule has 2 heterocycles. The van der Waals surface area contributed by atoms with Crippen LogP contribution in [0.5, 0.6) is 0 Å². The zero-order chi connectivity index (χ0) is 6.48. The Hall–Kier alpha value is -0.0800. The van der Waals surface area contributed by atoms with Crippen molar-refractivity contribution in [2.75, 3.05) is 0 Å². The first-order valence-electron chi connectivity index (χ1n) is 3.63. The molecule has 0 aromatic heterocycles. The van der Waals surface area contributed by atoms with E-state index in [1.807, 2.05) is 0 Å². The fraction of sp³-hybridized carbons (Fsp3) is 1.00. The van der Waals surface area contributed by atoms with E-state index in [2.05, 4.69) is 6.92 Å². The van der Waals surface area contributed by atoms with Gasteiger partial charge in [0.1, 0.15) is 0 Å². The Kier molecular flexibility index (Phi) is 0.945. The number of fused-ring (bicyclic) bond motifs is 2. The smallest absolute Gasteiger partial charge is 0.0757 e. The minimum atomic E-state index is -0.0110. The number of hydrogen-bond donors (Lipinski definition) is 1. The quantitative estimate of drug-likeness (QED) is 0.518. The molecule has 2 rings (SSSR count). The standard InChI is InChI=1S/C7H13NO/c1-7(8)4-5-2-3-6(7)9-5/h5-6H,2-4,8H2,1H3. The molecule has 2 aliphatic heterocycles. The first kappa shape index (κ1) is 5.69. The van der Waals surface area contributed by atoms with E-state index >= 15 is 0 Å². The number of nitrogens with two attached hydrogens (primary N) is 1. The SMILES string of the molecule is CC1(N)CC2CCC1O2. The van der Waals surface area contributed by atoms with E-state index in [1.54, 1.807) is 0 Å². The lowest BCUT2D eigenvalue weighted by Gasteiger charge is -2.25. The minimum Gasteiger partial charge on any atom is -0.373 e. The lowest BCUT2D eigenvalue weighted by Crippen LogP contribution is -2.45. The third kappa shape index (κ3) is 0.700. The second kappa shape index (κ2) is 1.50. The van der Waals surface area contributed by atoms with Crippen LogP contribution in [0.15, 0.2) is 0 Å². The van der Waals surface area contributed by atoms with Gasteiger partial charge in [-0.2, -0.15) is 0 Å². The summed E-state index contributed by atoms with van der Waals surface area (Å²) in [5, 5.41) is 0. The summed E-state index contributed by atoms with van der Waals surface area (Å²) in [5.74, 6) is 0. The third-order valence-corrected chi connectivity index (χ3v) is 2.51. The van der Waals surface area contributed by atoms with Crippen molar-refractivity contribution in [2.24, 2.45) is 5.73 Å². The maximum Gasteiger partial charge on any atom is 0.0757 e. The van der Waals surface area contributed by atoms with Gasteiger partial charge in [0.25, 0.3) is 0 Å². The molecular weight excluding hydrogens is 114 g/mol. The van der Waals surface area contributed by atoms with Crippen LogP contribution < -0.4 is 5.73 Å². The van der Waals surface area contributed by atoms with Crippen LogP contribution in [0.1, 0.15) is 26.2 Å². The number of rotatable bonds is 0. The summed E-state index contributed by atoms with van der Waals surface area (Å²) >= 11 is 0. The maximum atomic E-state index is 5.94. The normalized spacial score (nSPS) is 56.7. The molecule has 2 fully saturated rings. The molecule has 0 aromatic carbocycles. The van der Waals surface area contributed by atoms with E-state index in [1.165, 1.54) is 12.8 Å². The van der Waals surface area contributed by atoms with Crippen molar-refractivity contribution in [3.63, 3.8) is 0 Å². The monoisotopic (exact) mass is 127 g/mol. The van der Waals surface area contributed by atoms with Crippen LogP contribution in [0.25, 0.3) is 0 Å². The molecule has 2 N–H and O–H groups in total. The Labute approximate surface area is 55.4 Å². The highest BCUT2D eigenvalue weighted by molar-refractivity contribution is 5.01. The summed E-state index contributed by atoms with van der Waals surface area (Å²) in [6.07, 6.45) is 4.33. The Morgan fingerprint density at radius 3 is 2.56 bits per heavy atom. The van der Waals surface area contributed by atoms with E-state index in [4.69, 9.17) is 10.5 Å². The molecule has 2 saturated heterocycles. The minimum absolute atomic E-state index is 0.0110. The topological polar surface area (TPSA) is 35.2 Å². The van der Waals surface area contributed by atoms with Gasteiger partial charge in [-0.25, -0.2) is 0 Å². The molecule has 0 radical (unpaired) electrons. The molecule has 0 aromatic rings. The number of ether oxygens (including phenoxy) is 1. The summed E-state index contributed by atoms with van der Waals surface area (Å²) in [6, 6.07) is 0. The van der Waals surface area contributed by atoms with Gasteiger partial charge in [0, 0.05) is 5.54 Å². The molecule has 0 aliphatic carbocycles. The van der Waals surface area contributed by atoms with Crippen molar-refractivity contribution >= 4 is 0 Å². The third-order valence-electron chi connectivity index (χ3n) is 2.51. The van der Waals surface area contributed by atoms with Crippen LogP contribution in [-0.4, -0.2) is 17.7 Å². The van der Waals surface area contributed by atoms with Crippen LogP contribution in [0.2, 0.25) is 0 Å². The average molecular weight is 127 g/mol. The summed E-state index contributed by atoms with van der Waals surface area (Å²) in [6.45, 7) is 2.09. The molecule has 2 nitrogen and oxygen atoms in total. The van der Waals surface area contributed by atoms with Crippen LogP contribution in [0.4, 0.5) is 0 Å². The zero-order valence-corrected chi connectivity index (χ0v) is 5.76. The molecule has 2 aliphatic rings. The number of hydrogen-bond acceptors (Lipinski definition) is 2. The van der Waals surface area contributed by atoms with Crippen molar-refractivity contribution in [2.45, 2.75) is 43.9 Å². The van der Waals surface area contributed by atoms with E-state index in [-0.39, 0.29) is 5.54 Å². The van der Waals surface area contributed by atoms with Gasteiger partial charge in [-0.05, 0) is 26.2 Å². The molecule has 0 spiro atoms. The molecule has 0 saturated carbocycles. The Morgan fingerprint density at radius 1 is 1.56 bits per heavy atom. The van der Waals surface area contributed by atoms with E-state index < -0.39 is 0 Å². The van der Waals surface area contributed by atoms with Crippen molar-refractivity contribution in [3.8, 4) is 0 Å². The van der Waals surface area contributed by atoms with Gasteiger partial charge in [0.2, 0.25) is 0 Å². The molecule has 3 atom stereocenters. The summed E-state index contributed by atoms with van der Waals surface area (Å²) in [5.41, 5.74) is 5.93. The van der Waals surface area contributed by atoms with Crippen LogP contribution in [0, 0.1) is 0 Å². The predicted molar refractivity (Wildman–Crippen MR) is 35.1 cm³/mol. The summed E-state index contributed by atoms with van der Waals surface area (Å²) in [7, 11) is 0. The van der Waals surface area contributed by atoms with Crippen LogP contribution >= 0.6 is 0 Å². The second-order valence-corrected chi connectivity index (χ2v) is 3.53. The van der Waals surface area contributed by atoms with Crippen molar-refractivity contribution in [1.29, 1.82) is 0 Å². The van der Waals surface area contributed by atoms with E-state index in [0.29, 0.717) is 12.2 Å². The Balaban J connectivity index is 2.18. The van der Waals surface area contributed by atoms with Gasteiger partial charge in [-0.15, -0.1) is 0 Å². The van der Waals surface area contributed by atoms with Crippen molar-refractivity contribution in [3.05, 3.63) is 0 Å². The fourth-order valence-corrected chi connectivity index (χ4v) is 1.96. The van der Waals surface area contributed by atoms with Gasteiger partial charge in [0.15, 0.2) is 0 Å². The molecule has 0 amide bonds. The van der Waals surface area contributed by atoms with Crippen LogP contribution in [-0.2, 0) is 4.74 Å². The lowest BCUT2D eigenvalue weighted by molar-refractivity contribution is 0.0889. The predicted octanol–water partition coefficient (Wildman–Crippen LogP) is 0.655. The summed E-state index contributed by atoms with van der Waals surface area (Å²) in [4.78, 5) is 0. The van der Waals surface area contributed by atoms with Crippen molar-refractivity contribution < 1.29 is 4.74 Å². The van der Waals surface area contributed by atoms with Gasteiger partial charge >= 0.3 is 0 Å². The molecular formula is C7H13NO. The largest absolute Gasteiger partial charge is 0.373 e. The highest BCUT2D eigenvalue weighted by Crippen LogP contribution is 2.39. The van der Waals surface area contributed by atoms with Crippen LogP contribution in [0.3, 0.4) is 0 Å². The van der Waals surface area contributed by atoms with Crippen molar-refractivity contribution in [1.82, 2.24) is 0 Å². The first-order valence-corrected chi connectivity index (χ1v) is 3.63. The molecule has 3 unspecified atom stereocenters. The molecule has 2 bridgehead atoms. The van der Waals surface area contributed by atoms with Gasteiger partial charge in [0.05, 0.1) is 12.2 Å². The van der Waals surface area contributed by atoms with Gasteiger partial charge < -0.3 is 10.5 Å². The van der Waals surface area contributed by atoms with E-state index in [0.717, 1.165) is 6.42 Å². The maximum absolute atomic E-state index is 5.94. The fourth-order valence-electron chi connectivity index (χ4n) is 1.96. The summed E-state index contributed by atoms with van der Waals surface area (Å²) < 4.78 is 5.56. The highest BCUT2D eigenvalue weighted by atomic mass is 16.5. The molecule has 9 heavy (non-hydrogen) atoms. The van der Waals surface area contributed by atoms with Gasteiger partial charge in [-0.3, -0.25) is 0 Å². The van der Waals surface area contributed by atoms with E-state index in [9.17, 15) is 0 Å². The second-order valence-electron chi connectivity index (χ2n) is 3.53. The molecule has 2 heteroatoms. The Bertz CT molecular complexity index is 133. The highest BCUT2D eigenvalue weighted by Gasteiger charge is 2.46.